The highest BCUT2D eigenvalue weighted by Gasteiger charge is 2.13. The number of hydrogen-bond acceptors (Lipinski definition) is 4. The van der Waals surface area contributed by atoms with E-state index in [0.717, 1.165) is 22.4 Å². The number of rotatable bonds is 6. The lowest BCUT2D eigenvalue weighted by Crippen LogP contribution is -2.12. The van der Waals surface area contributed by atoms with Gasteiger partial charge in [0, 0.05) is 11.4 Å². The number of hydrogen-bond donors (Lipinski definition) is 1. The van der Waals surface area contributed by atoms with Gasteiger partial charge in [-0.15, -0.1) is 0 Å². The normalized spacial score (nSPS) is 10.5. The van der Waals surface area contributed by atoms with Crippen LogP contribution in [-0.2, 0) is 11.2 Å². The number of carbonyl (C=O) groups is 1. The molecule has 0 saturated carbocycles. The summed E-state index contributed by atoms with van der Waals surface area (Å²) in [7, 11) is 1.62. The van der Waals surface area contributed by atoms with Gasteiger partial charge in [0.25, 0.3) is 0 Å². The number of nitrogens with one attached hydrogen (secondary N) is 1. The van der Waals surface area contributed by atoms with Gasteiger partial charge in [0.2, 0.25) is 11.8 Å². The van der Waals surface area contributed by atoms with Crippen LogP contribution < -0.4 is 10.1 Å². The molecule has 3 aromatic rings. The number of amides is 1. The van der Waals surface area contributed by atoms with Crippen LogP contribution in [0.5, 0.6) is 5.75 Å². The van der Waals surface area contributed by atoms with Crippen molar-refractivity contribution in [3.05, 3.63) is 65.3 Å². The Morgan fingerprint density at radius 1 is 1.16 bits per heavy atom. The Hall–Kier alpha value is -2.79. The van der Waals surface area contributed by atoms with Crippen molar-refractivity contribution in [3.63, 3.8) is 0 Å². The molecule has 0 saturated heterocycles. The number of nitrogens with zero attached hydrogens (tertiary/aromatic N) is 1. The van der Waals surface area contributed by atoms with E-state index in [4.69, 9.17) is 20.9 Å². The summed E-state index contributed by atoms with van der Waals surface area (Å²) in [6.07, 6.45) is 2.54. The standard InChI is InChI=1S/C19H17ClN2O3/c1-24-16-9-2-13(3-10-16)4-11-18(23)22-19-17(12-21-25-19)14-5-7-15(20)8-6-14/h2-3,5-10,12H,4,11H2,1H3,(H,22,23). The molecule has 0 bridgehead atoms. The third kappa shape index (κ3) is 4.39. The summed E-state index contributed by atoms with van der Waals surface area (Å²) >= 11 is 5.90. The fourth-order valence-electron chi connectivity index (χ4n) is 2.40. The minimum atomic E-state index is -0.136. The van der Waals surface area contributed by atoms with E-state index in [2.05, 4.69) is 10.5 Å². The van der Waals surface area contributed by atoms with Crippen molar-refractivity contribution in [2.45, 2.75) is 12.8 Å². The number of benzene rings is 2. The molecule has 0 aliphatic heterocycles. The monoisotopic (exact) mass is 356 g/mol. The zero-order chi connectivity index (χ0) is 17.6. The Balaban J connectivity index is 1.61. The number of aryl methyl sites for hydroxylation is 1. The molecule has 0 spiro atoms. The van der Waals surface area contributed by atoms with Crippen LogP contribution in [0.3, 0.4) is 0 Å². The van der Waals surface area contributed by atoms with Gasteiger partial charge in [-0.2, -0.15) is 0 Å². The Morgan fingerprint density at radius 3 is 2.56 bits per heavy atom. The lowest BCUT2D eigenvalue weighted by atomic mass is 10.1. The van der Waals surface area contributed by atoms with E-state index in [0.29, 0.717) is 23.7 Å². The predicted octanol–water partition coefficient (Wildman–Crippen LogP) is 4.57. The maximum atomic E-state index is 12.2. The lowest BCUT2D eigenvalue weighted by molar-refractivity contribution is -0.116. The molecule has 0 aliphatic rings. The van der Waals surface area contributed by atoms with E-state index in [1.807, 2.05) is 36.4 Å². The topological polar surface area (TPSA) is 64.4 Å². The Bertz CT molecular complexity index is 842. The van der Waals surface area contributed by atoms with Crippen molar-refractivity contribution < 1.29 is 14.1 Å². The quantitative estimate of drug-likeness (QED) is 0.702. The molecular weight excluding hydrogens is 340 g/mol. The highest BCUT2D eigenvalue weighted by atomic mass is 35.5. The van der Waals surface area contributed by atoms with Crippen molar-refractivity contribution in [2.75, 3.05) is 12.4 Å². The maximum Gasteiger partial charge on any atom is 0.239 e. The van der Waals surface area contributed by atoms with E-state index in [1.165, 1.54) is 0 Å². The fraction of sp³-hybridized carbons (Fsp3) is 0.158. The number of anilines is 1. The van der Waals surface area contributed by atoms with E-state index in [-0.39, 0.29) is 5.91 Å². The van der Waals surface area contributed by atoms with Crippen molar-refractivity contribution in [3.8, 4) is 16.9 Å². The van der Waals surface area contributed by atoms with Gasteiger partial charge in [0.15, 0.2) is 0 Å². The van der Waals surface area contributed by atoms with E-state index < -0.39 is 0 Å². The summed E-state index contributed by atoms with van der Waals surface area (Å²) in [5.41, 5.74) is 2.65. The zero-order valence-electron chi connectivity index (χ0n) is 13.7. The first-order valence-electron chi connectivity index (χ1n) is 7.79. The minimum Gasteiger partial charge on any atom is -0.497 e. The first kappa shape index (κ1) is 17.0. The second-order valence-electron chi connectivity index (χ2n) is 5.47. The third-order valence-corrected chi connectivity index (χ3v) is 4.03. The Morgan fingerprint density at radius 2 is 1.88 bits per heavy atom. The predicted molar refractivity (Wildman–Crippen MR) is 96.9 cm³/mol. The molecule has 6 heteroatoms. The van der Waals surface area contributed by atoms with Gasteiger partial charge in [-0.05, 0) is 41.8 Å². The summed E-state index contributed by atoms with van der Waals surface area (Å²) in [6, 6.07) is 14.9. The van der Waals surface area contributed by atoms with Gasteiger partial charge < -0.3 is 9.26 Å². The average molecular weight is 357 g/mol. The van der Waals surface area contributed by atoms with Gasteiger partial charge in [0.05, 0.1) is 18.9 Å². The molecule has 2 aromatic carbocycles. The lowest BCUT2D eigenvalue weighted by Gasteiger charge is -2.05. The smallest absolute Gasteiger partial charge is 0.239 e. The SMILES string of the molecule is COc1ccc(CCC(=O)Nc2oncc2-c2ccc(Cl)cc2)cc1. The molecule has 1 amide bonds. The van der Waals surface area contributed by atoms with Crippen molar-refractivity contribution in [1.29, 1.82) is 0 Å². The summed E-state index contributed by atoms with van der Waals surface area (Å²) < 4.78 is 10.3. The Kier molecular flexibility index (Phi) is 5.36. The van der Waals surface area contributed by atoms with Crippen molar-refractivity contribution in [1.82, 2.24) is 5.16 Å². The molecule has 0 radical (unpaired) electrons. The largest absolute Gasteiger partial charge is 0.497 e. The molecule has 25 heavy (non-hydrogen) atoms. The third-order valence-electron chi connectivity index (χ3n) is 3.78. The van der Waals surface area contributed by atoms with Gasteiger partial charge in [-0.1, -0.05) is 41.0 Å². The minimum absolute atomic E-state index is 0.136. The molecule has 0 fully saturated rings. The molecule has 128 valence electrons. The second-order valence-corrected chi connectivity index (χ2v) is 5.91. The second kappa shape index (κ2) is 7.85. The van der Waals surface area contributed by atoms with Crippen LogP contribution in [0.4, 0.5) is 5.88 Å². The molecule has 0 atom stereocenters. The van der Waals surface area contributed by atoms with Crippen LogP contribution in [0.25, 0.3) is 11.1 Å². The fourth-order valence-corrected chi connectivity index (χ4v) is 2.53. The van der Waals surface area contributed by atoms with Crippen LogP contribution >= 0.6 is 11.6 Å². The van der Waals surface area contributed by atoms with Gasteiger partial charge in [-0.25, -0.2) is 0 Å². The summed E-state index contributed by atoms with van der Waals surface area (Å²) in [4.78, 5) is 12.2. The number of aromatic nitrogens is 1. The Labute approximate surface area is 150 Å². The van der Waals surface area contributed by atoms with Crippen LogP contribution in [-0.4, -0.2) is 18.2 Å². The highest BCUT2D eigenvalue weighted by Crippen LogP contribution is 2.28. The highest BCUT2D eigenvalue weighted by molar-refractivity contribution is 6.30. The average Bonchev–Trinajstić information content (AvgIpc) is 3.09. The van der Waals surface area contributed by atoms with Gasteiger partial charge in [-0.3, -0.25) is 10.1 Å². The van der Waals surface area contributed by atoms with Gasteiger partial charge in [0.1, 0.15) is 5.75 Å². The summed E-state index contributed by atoms with van der Waals surface area (Å²) in [6.45, 7) is 0. The van der Waals surface area contributed by atoms with Crippen LogP contribution in [0.1, 0.15) is 12.0 Å². The van der Waals surface area contributed by atoms with Crippen LogP contribution in [0.2, 0.25) is 5.02 Å². The van der Waals surface area contributed by atoms with Crippen LogP contribution in [0.15, 0.2) is 59.3 Å². The van der Waals surface area contributed by atoms with Gasteiger partial charge >= 0.3 is 0 Å². The number of carbonyl (C=O) groups excluding carboxylic acids is 1. The van der Waals surface area contributed by atoms with E-state index >= 15 is 0 Å². The van der Waals surface area contributed by atoms with E-state index in [9.17, 15) is 4.79 Å². The van der Waals surface area contributed by atoms with Crippen molar-refractivity contribution in [2.24, 2.45) is 0 Å². The molecule has 0 unspecified atom stereocenters. The zero-order valence-corrected chi connectivity index (χ0v) is 14.4. The summed E-state index contributed by atoms with van der Waals surface area (Å²) in [5.74, 6) is 0.993. The maximum absolute atomic E-state index is 12.2. The molecular formula is C19H17ClN2O3. The van der Waals surface area contributed by atoms with Crippen LogP contribution in [0, 0.1) is 0 Å². The van der Waals surface area contributed by atoms with E-state index in [1.54, 1.807) is 25.4 Å². The first-order valence-corrected chi connectivity index (χ1v) is 8.17. The molecule has 1 N–H and O–H groups in total. The number of halogens is 1. The summed E-state index contributed by atoms with van der Waals surface area (Å²) in [5, 5.41) is 7.19. The molecule has 1 aromatic heterocycles. The van der Waals surface area contributed by atoms with Crippen molar-refractivity contribution >= 4 is 23.4 Å². The molecule has 1 heterocycles. The molecule has 0 aliphatic carbocycles. The number of ether oxygens (including phenoxy) is 1. The number of methoxy groups -OCH3 is 1. The first-order chi connectivity index (χ1) is 12.2. The molecule has 3 rings (SSSR count). The molecule has 5 nitrogen and oxygen atoms in total.